The Bertz CT molecular complexity index is 2730. The lowest BCUT2D eigenvalue weighted by Gasteiger charge is -2.32. The quantitative estimate of drug-likeness (QED) is 0.0377. The van der Waals surface area contributed by atoms with Gasteiger partial charge in [0, 0.05) is 67.7 Å². The SMILES string of the molecule is CC(C)(C)CC[C@H](NC(=O)COc1cccc(Oc2ccc(C(=O)NCCOCCOCCOCCOCCOCCNc3ncc(-c4ccc5c(n4)N(Cc4cccnc4C#N)C(C)(C)C5=O)cn3)cn2)c1)C(=O)O. The van der Waals surface area contributed by atoms with Crippen molar-refractivity contribution >= 4 is 35.3 Å². The van der Waals surface area contributed by atoms with E-state index in [1.54, 1.807) is 73.2 Å². The van der Waals surface area contributed by atoms with E-state index in [2.05, 4.69) is 42.0 Å². The maximum atomic E-state index is 13.3. The zero-order chi connectivity index (χ0) is 54.3. The van der Waals surface area contributed by atoms with Gasteiger partial charge in [-0.05, 0) is 68.5 Å². The first-order valence-corrected chi connectivity index (χ1v) is 24.9. The number of nitriles is 1. The van der Waals surface area contributed by atoms with Crippen LogP contribution in [-0.4, -0.2) is 151 Å². The minimum atomic E-state index is -1.10. The summed E-state index contributed by atoms with van der Waals surface area (Å²) in [5, 5.41) is 27.5. The van der Waals surface area contributed by atoms with Gasteiger partial charge in [0.2, 0.25) is 11.8 Å². The highest BCUT2D eigenvalue weighted by Gasteiger charge is 2.45. The number of pyridine rings is 3. The van der Waals surface area contributed by atoms with Gasteiger partial charge in [-0.25, -0.2) is 29.7 Å². The summed E-state index contributed by atoms with van der Waals surface area (Å²) >= 11 is 0. The second kappa shape index (κ2) is 28.8. The zero-order valence-electron chi connectivity index (χ0n) is 43.5. The van der Waals surface area contributed by atoms with Gasteiger partial charge in [0.25, 0.3) is 11.8 Å². The molecule has 5 heterocycles. The molecule has 5 aromatic rings. The van der Waals surface area contributed by atoms with Gasteiger partial charge in [-0.15, -0.1) is 0 Å². The average molecular weight is 1050 g/mol. The number of carbonyl (C=O) groups excluding carboxylic acids is 3. The Labute approximate surface area is 441 Å². The number of ether oxygens (including phenoxy) is 7. The van der Waals surface area contributed by atoms with Crippen molar-refractivity contribution in [3.8, 4) is 34.7 Å². The number of hydrogen-bond donors (Lipinski definition) is 4. The van der Waals surface area contributed by atoms with E-state index in [9.17, 15) is 29.5 Å². The Kier molecular flexibility index (Phi) is 21.9. The van der Waals surface area contributed by atoms with E-state index in [0.29, 0.717) is 149 Å². The van der Waals surface area contributed by atoms with E-state index >= 15 is 0 Å². The summed E-state index contributed by atoms with van der Waals surface area (Å²) in [7, 11) is 0. The number of carbonyl (C=O) groups is 4. The fraction of sp³-hybridized carbons (Fsp3) is 0.444. The van der Waals surface area contributed by atoms with Crippen molar-refractivity contribution in [2.24, 2.45) is 5.41 Å². The molecule has 0 saturated heterocycles. The number of anilines is 2. The number of aliphatic carboxylic acids is 1. The van der Waals surface area contributed by atoms with Crippen LogP contribution in [0.2, 0.25) is 0 Å². The molecule has 1 atom stereocenters. The Balaban J connectivity index is 0.735. The van der Waals surface area contributed by atoms with Gasteiger partial charge in [-0.3, -0.25) is 14.4 Å². The maximum absolute atomic E-state index is 13.3. The number of carboxylic acid groups (broad SMARTS) is 1. The Morgan fingerprint density at radius 3 is 2.08 bits per heavy atom. The van der Waals surface area contributed by atoms with E-state index in [1.165, 1.54) is 6.20 Å². The topological polar surface area (TPSA) is 281 Å². The molecule has 0 unspecified atom stereocenters. The molecule has 0 saturated carbocycles. The lowest BCUT2D eigenvalue weighted by atomic mass is 9.88. The van der Waals surface area contributed by atoms with Crippen LogP contribution < -0.4 is 30.3 Å². The fourth-order valence-corrected chi connectivity index (χ4v) is 7.47. The molecule has 0 fully saturated rings. The highest BCUT2D eigenvalue weighted by Crippen LogP contribution is 2.40. The molecule has 6 rings (SSSR count). The molecule has 0 spiro atoms. The highest BCUT2D eigenvalue weighted by molar-refractivity contribution is 6.13. The van der Waals surface area contributed by atoms with Gasteiger partial charge in [0.05, 0.1) is 88.4 Å². The van der Waals surface area contributed by atoms with Crippen molar-refractivity contribution in [3.05, 3.63) is 108 Å². The molecule has 0 bridgehead atoms. The summed E-state index contributed by atoms with van der Waals surface area (Å²) < 4.78 is 39.2. The molecule has 2 amide bonds. The molecule has 1 aliphatic rings. The number of Topliss-reactive ketones (excluding diaryl/α,β-unsaturated/α-hetero) is 1. The third kappa shape index (κ3) is 18.0. The number of fused-ring (bicyclic) bond motifs is 1. The molecule has 4 aromatic heterocycles. The van der Waals surface area contributed by atoms with Crippen molar-refractivity contribution in [2.75, 3.05) is 96.0 Å². The summed E-state index contributed by atoms with van der Waals surface area (Å²) in [6.45, 7) is 14.3. The molecular formula is C54H66N10O12. The van der Waals surface area contributed by atoms with Gasteiger partial charge in [-0.1, -0.05) is 32.9 Å². The van der Waals surface area contributed by atoms with Crippen LogP contribution in [0, 0.1) is 16.7 Å². The molecular weight excluding hydrogens is 981 g/mol. The number of amides is 2. The number of aromatic nitrogens is 5. The summed E-state index contributed by atoms with van der Waals surface area (Å²) in [5.41, 5.74) is 2.24. The minimum Gasteiger partial charge on any atom is -0.484 e. The molecule has 22 nitrogen and oxygen atoms in total. The number of carboxylic acids is 1. The first-order valence-electron chi connectivity index (χ1n) is 24.9. The molecule has 404 valence electrons. The van der Waals surface area contributed by atoms with Crippen molar-refractivity contribution < 1.29 is 57.4 Å². The number of ketones is 1. The Morgan fingerprint density at radius 1 is 0.789 bits per heavy atom. The van der Waals surface area contributed by atoms with Crippen LogP contribution >= 0.6 is 0 Å². The molecule has 1 aromatic carbocycles. The third-order valence-electron chi connectivity index (χ3n) is 11.6. The van der Waals surface area contributed by atoms with Crippen LogP contribution in [0.25, 0.3) is 11.3 Å². The number of nitrogens with one attached hydrogen (secondary N) is 3. The van der Waals surface area contributed by atoms with Crippen LogP contribution in [0.15, 0.2) is 85.5 Å². The van der Waals surface area contributed by atoms with Gasteiger partial charge < -0.3 is 59.1 Å². The van der Waals surface area contributed by atoms with Crippen molar-refractivity contribution in [2.45, 2.75) is 65.6 Å². The second-order valence-corrected chi connectivity index (χ2v) is 19.0. The molecule has 76 heavy (non-hydrogen) atoms. The highest BCUT2D eigenvalue weighted by atomic mass is 16.6. The summed E-state index contributed by atoms with van der Waals surface area (Å²) in [4.78, 5) is 74.0. The van der Waals surface area contributed by atoms with Gasteiger partial charge in [0.15, 0.2) is 12.4 Å². The van der Waals surface area contributed by atoms with Crippen LogP contribution in [0.5, 0.6) is 17.4 Å². The third-order valence-corrected chi connectivity index (χ3v) is 11.6. The lowest BCUT2D eigenvalue weighted by Crippen LogP contribution is -2.44. The normalized spacial score (nSPS) is 13.1. The maximum Gasteiger partial charge on any atom is 0.326 e. The standard InChI is InChI=1S/C54H66N10O12/c1-53(2,3)16-15-44(51(68)69)62-46(65)36-75-40-9-6-10-41(30-40)76-47-14-11-37(32-59-47)50(67)57-18-20-70-22-24-72-26-28-74-29-27-73-25-23-71-21-19-58-52-60-33-39(34-61-52)43-13-12-42-48(66)54(4,5)64(49(42)63-43)35-38-8-7-17-56-45(38)31-55/h6-14,17,30,32-34,44H,15-16,18-29,35-36H2,1-5H3,(H,57,67)(H,62,65)(H,68,69)(H,58,60,61)/t44-/m0/s1. The fourth-order valence-electron chi connectivity index (χ4n) is 7.47. The number of nitrogens with zero attached hydrogens (tertiary/aromatic N) is 7. The zero-order valence-corrected chi connectivity index (χ0v) is 43.5. The van der Waals surface area contributed by atoms with Gasteiger partial charge in [0.1, 0.15) is 35.1 Å². The van der Waals surface area contributed by atoms with Crippen molar-refractivity contribution in [1.82, 2.24) is 35.6 Å². The van der Waals surface area contributed by atoms with E-state index < -0.39 is 23.5 Å². The lowest BCUT2D eigenvalue weighted by molar-refractivity contribution is -0.142. The Hall–Kier alpha value is -7.68. The molecule has 22 heteroatoms. The first-order chi connectivity index (χ1) is 36.6. The summed E-state index contributed by atoms with van der Waals surface area (Å²) in [6, 6.07) is 18.0. The van der Waals surface area contributed by atoms with Crippen LogP contribution in [0.3, 0.4) is 0 Å². The van der Waals surface area contributed by atoms with E-state index in [-0.39, 0.29) is 36.1 Å². The average Bonchev–Trinajstić information content (AvgIpc) is 3.62. The molecule has 1 aliphatic heterocycles. The predicted molar refractivity (Wildman–Crippen MR) is 278 cm³/mol. The van der Waals surface area contributed by atoms with Crippen molar-refractivity contribution in [3.63, 3.8) is 0 Å². The first kappa shape index (κ1) is 57.6. The van der Waals surface area contributed by atoms with Crippen LogP contribution in [-0.2, 0) is 39.8 Å². The monoisotopic (exact) mass is 1050 g/mol. The second-order valence-electron chi connectivity index (χ2n) is 19.0. The van der Waals surface area contributed by atoms with E-state index in [4.69, 9.17) is 38.1 Å². The minimum absolute atomic E-state index is 0.0455. The van der Waals surface area contributed by atoms with Crippen molar-refractivity contribution in [1.29, 1.82) is 5.26 Å². The van der Waals surface area contributed by atoms with Gasteiger partial charge >= 0.3 is 5.97 Å². The number of rotatable bonds is 32. The van der Waals surface area contributed by atoms with Gasteiger partial charge in [-0.2, -0.15) is 5.26 Å². The molecule has 0 aliphatic carbocycles. The smallest absolute Gasteiger partial charge is 0.326 e. The largest absolute Gasteiger partial charge is 0.484 e. The molecule has 4 N–H and O–H groups in total. The number of benzene rings is 1. The van der Waals surface area contributed by atoms with Crippen LogP contribution in [0.4, 0.5) is 11.8 Å². The molecule has 0 radical (unpaired) electrons. The Morgan fingerprint density at radius 2 is 1.45 bits per heavy atom. The van der Waals surface area contributed by atoms with E-state index in [1.807, 2.05) is 45.6 Å². The summed E-state index contributed by atoms with van der Waals surface area (Å²) in [6.07, 6.45) is 7.23. The van der Waals surface area contributed by atoms with Crippen LogP contribution in [0.1, 0.15) is 79.4 Å². The number of hydrogen-bond acceptors (Lipinski definition) is 19. The van der Waals surface area contributed by atoms with E-state index in [0.717, 1.165) is 0 Å². The summed E-state index contributed by atoms with van der Waals surface area (Å²) in [5.74, 6) is -0.0862. The predicted octanol–water partition coefficient (Wildman–Crippen LogP) is 5.67.